The zero-order chi connectivity index (χ0) is 29.2. The Bertz CT molecular complexity index is 1260. The maximum absolute atomic E-state index is 5.69. The van der Waals surface area contributed by atoms with Gasteiger partial charge in [-0.25, -0.2) is 0 Å². The summed E-state index contributed by atoms with van der Waals surface area (Å²) in [5.41, 5.74) is 5.24. The van der Waals surface area contributed by atoms with Gasteiger partial charge in [-0.05, 0) is 110 Å². The minimum absolute atomic E-state index is 0.737. The highest BCUT2D eigenvalue weighted by Gasteiger charge is 1.99. The van der Waals surface area contributed by atoms with Crippen LogP contribution in [0.5, 0.6) is 11.5 Å². The number of hydrogen-bond donors (Lipinski definition) is 2. The summed E-state index contributed by atoms with van der Waals surface area (Å²) >= 11 is 0. The largest absolute Gasteiger partial charge is 0.494 e. The van der Waals surface area contributed by atoms with Gasteiger partial charge in [0.15, 0.2) is 0 Å². The molecule has 218 valence electrons. The molecule has 0 bridgehead atoms. The number of benzene rings is 4. The highest BCUT2D eigenvalue weighted by Crippen LogP contribution is 2.24. The van der Waals surface area contributed by atoms with Crippen LogP contribution in [-0.2, 0) is 0 Å². The Hall–Kier alpha value is -4.72. The van der Waals surface area contributed by atoms with E-state index < -0.39 is 0 Å². The van der Waals surface area contributed by atoms with Gasteiger partial charge in [0, 0.05) is 24.5 Å². The normalized spacial score (nSPS) is 11.2. The number of anilines is 2. The molecule has 0 fully saturated rings. The van der Waals surface area contributed by atoms with Gasteiger partial charge in [0.25, 0.3) is 0 Å². The van der Waals surface area contributed by atoms with Gasteiger partial charge in [0.1, 0.15) is 11.5 Å². The van der Waals surface area contributed by atoms with E-state index in [1.54, 1.807) is 0 Å². The predicted octanol–water partition coefficient (Wildman–Crippen LogP) is 10.4. The van der Waals surface area contributed by atoms with Gasteiger partial charge in [-0.2, -0.15) is 20.5 Å². The molecule has 2 N–H and O–H groups in total. The van der Waals surface area contributed by atoms with Gasteiger partial charge in [-0.1, -0.05) is 26.7 Å². The molecule has 4 aromatic rings. The lowest BCUT2D eigenvalue weighted by Gasteiger charge is -2.09. The third kappa shape index (κ3) is 10.7. The van der Waals surface area contributed by atoms with E-state index in [-0.39, 0.29) is 0 Å². The van der Waals surface area contributed by atoms with E-state index in [1.165, 1.54) is 0 Å². The van der Waals surface area contributed by atoms with Crippen molar-refractivity contribution in [3.05, 3.63) is 97.1 Å². The zero-order valence-electron chi connectivity index (χ0n) is 24.5. The van der Waals surface area contributed by atoms with Gasteiger partial charge in [0.05, 0.1) is 36.0 Å². The molecule has 0 unspecified atom stereocenters. The lowest BCUT2D eigenvalue weighted by atomic mass is 10.2. The average Bonchev–Trinajstić information content (AvgIpc) is 3.04. The molecule has 0 aliphatic rings. The smallest absolute Gasteiger partial charge is 0.119 e. The van der Waals surface area contributed by atoms with E-state index in [9.17, 15) is 0 Å². The fourth-order valence-corrected chi connectivity index (χ4v) is 3.82. The Morgan fingerprint density at radius 2 is 0.762 bits per heavy atom. The first-order chi connectivity index (χ1) is 20.7. The molecule has 8 nitrogen and oxygen atoms in total. The van der Waals surface area contributed by atoms with E-state index in [0.29, 0.717) is 0 Å². The molecule has 0 aromatic heterocycles. The first kappa shape index (κ1) is 30.2. The van der Waals surface area contributed by atoms with Crippen LogP contribution in [0.1, 0.15) is 39.5 Å². The summed E-state index contributed by atoms with van der Waals surface area (Å²) in [6.07, 6.45) is 4.35. The van der Waals surface area contributed by atoms with Crippen molar-refractivity contribution in [2.45, 2.75) is 39.5 Å². The number of hydrogen-bond acceptors (Lipinski definition) is 8. The molecular formula is C34H40N6O2. The first-order valence-electron chi connectivity index (χ1n) is 14.7. The molecule has 0 amide bonds. The third-order valence-corrected chi connectivity index (χ3v) is 6.29. The minimum Gasteiger partial charge on any atom is -0.494 e. The van der Waals surface area contributed by atoms with Gasteiger partial charge in [0.2, 0.25) is 0 Å². The molecule has 0 heterocycles. The molecule has 0 spiro atoms. The summed E-state index contributed by atoms with van der Waals surface area (Å²) in [6.45, 7) is 7.32. The molecule has 42 heavy (non-hydrogen) atoms. The van der Waals surface area contributed by atoms with E-state index in [0.717, 1.165) is 97.6 Å². The molecule has 0 saturated carbocycles. The molecule has 0 radical (unpaired) electrons. The number of unbranched alkanes of at least 4 members (excludes halogenated alkanes) is 2. The van der Waals surface area contributed by atoms with Gasteiger partial charge >= 0.3 is 0 Å². The standard InChI is InChI=1S/C34H40N6O2/c1-3-5-25-41-33-19-15-31(16-20-33)39-37-29-11-7-27(8-12-29)35-23-24-36-28-9-13-30(14-10-28)38-40-32-17-21-34(22-18-32)42-26-6-4-2/h7-22,35-36H,3-6,23-26H2,1-2H3. The maximum atomic E-state index is 5.69. The Morgan fingerprint density at radius 3 is 1.07 bits per heavy atom. The van der Waals surface area contributed by atoms with Crippen molar-refractivity contribution in [1.82, 2.24) is 0 Å². The Balaban J connectivity index is 1.15. The lowest BCUT2D eigenvalue weighted by Crippen LogP contribution is -2.13. The summed E-state index contributed by atoms with van der Waals surface area (Å²) in [5.74, 6) is 1.72. The Morgan fingerprint density at radius 1 is 0.452 bits per heavy atom. The van der Waals surface area contributed by atoms with Crippen LogP contribution in [0.25, 0.3) is 0 Å². The van der Waals surface area contributed by atoms with Crippen molar-refractivity contribution < 1.29 is 9.47 Å². The van der Waals surface area contributed by atoms with Crippen molar-refractivity contribution in [2.24, 2.45) is 20.5 Å². The quantitative estimate of drug-likeness (QED) is 0.0985. The number of nitrogens with zero attached hydrogens (tertiary/aromatic N) is 4. The van der Waals surface area contributed by atoms with Crippen molar-refractivity contribution >= 4 is 34.1 Å². The first-order valence-corrected chi connectivity index (χ1v) is 14.7. The monoisotopic (exact) mass is 564 g/mol. The van der Waals surface area contributed by atoms with E-state index in [4.69, 9.17) is 9.47 Å². The molecule has 0 atom stereocenters. The summed E-state index contributed by atoms with van der Waals surface area (Å²) in [4.78, 5) is 0. The maximum Gasteiger partial charge on any atom is 0.119 e. The second kappa shape index (κ2) is 17.2. The van der Waals surface area contributed by atoms with Crippen molar-refractivity contribution in [2.75, 3.05) is 36.9 Å². The molecule has 4 rings (SSSR count). The number of ether oxygens (including phenoxy) is 2. The van der Waals surface area contributed by atoms with E-state index in [2.05, 4.69) is 44.9 Å². The van der Waals surface area contributed by atoms with E-state index >= 15 is 0 Å². The van der Waals surface area contributed by atoms with Gasteiger partial charge in [-0.15, -0.1) is 0 Å². The SMILES string of the molecule is CCCCOc1ccc(N=Nc2ccc(NCCNc3ccc(N=Nc4ccc(OCCCC)cc4)cc3)cc2)cc1. The molecular weight excluding hydrogens is 524 g/mol. The topological polar surface area (TPSA) is 92.0 Å². The van der Waals surface area contributed by atoms with E-state index in [1.807, 2.05) is 97.1 Å². The second-order valence-corrected chi connectivity index (χ2v) is 9.74. The van der Waals surface area contributed by atoms with Gasteiger partial charge in [-0.3, -0.25) is 0 Å². The molecule has 0 saturated heterocycles. The molecule has 8 heteroatoms. The van der Waals surface area contributed by atoms with Gasteiger partial charge < -0.3 is 20.1 Å². The summed E-state index contributed by atoms with van der Waals surface area (Å²) in [6, 6.07) is 31.2. The Kier molecular flexibility index (Phi) is 12.4. The Labute approximate surface area is 248 Å². The van der Waals surface area contributed by atoms with Crippen molar-refractivity contribution in [3.63, 3.8) is 0 Å². The number of rotatable bonds is 17. The molecule has 0 aliphatic carbocycles. The third-order valence-electron chi connectivity index (χ3n) is 6.29. The number of nitrogens with one attached hydrogen (secondary N) is 2. The predicted molar refractivity (Wildman–Crippen MR) is 172 cm³/mol. The minimum atomic E-state index is 0.737. The van der Waals surface area contributed by atoms with Crippen LogP contribution in [0, 0.1) is 0 Å². The average molecular weight is 565 g/mol. The van der Waals surface area contributed by atoms with Crippen LogP contribution in [-0.4, -0.2) is 26.3 Å². The van der Waals surface area contributed by atoms with Crippen LogP contribution in [0.3, 0.4) is 0 Å². The fourth-order valence-electron chi connectivity index (χ4n) is 3.82. The highest BCUT2D eigenvalue weighted by molar-refractivity contribution is 5.53. The van der Waals surface area contributed by atoms with Crippen LogP contribution >= 0.6 is 0 Å². The fraction of sp³-hybridized carbons (Fsp3) is 0.294. The lowest BCUT2D eigenvalue weighted by molar-refractivity contribution is 0.309. The summed E-state index contributed by atoms with van der Waals surface area (Å²) < 4.78 is 11.4. The highest BCUT2D eigenvalue weighted by atomic mass is 16.5. The zero-order valence-corrected chi connectivity index (χ0v) is 24.5. The van der Waals surface area contributed by atoms with Crippen LogP contribution in [0.2, 0.25) is 0 Å². The van der Waals surface area contributed by atoms with Crippen LogP contribution in [0.15, 0.2) is 118 Å². The molecule has 0 aliphatic heterocycles. The number of azo groups is 2. The van der Waals surface area contributed by atoms with Crippen LogP contribution in [0.4, 0.5) is 34.1 Å². The summed E-state index contributed by atoms with van der Waals surface area (Å²) in [5, 5.41) is 24.2. The van der Waals surface area contributed by atoms with Crippen molar-refractivity contribution in [3.8, 4) is 11.5 Å². The van der Waals surface area contributed by atoms with Crippen LogP contribution < -0.4 is 20.1 Å². The summed E-state index contributed by atoms with van der Waals surface area (Å²) in [7, 11) is 0. The second-order valence-electron chi connectivity index (χ2n) is 9.74. The van der Waals surface area contributed by atoms with Crippen molar-refractivity contribution in [1.29, 1.82) is 0 Å². The molecule has 4 aromatic carbocycles.